The van der Waals surface area contributed by atoms with E-state index in [4.69, 9.17) is 13.9 Å². The summed E-state index contributed by atoms with van der Waals surface area (Å²) < 4.78 is 19.9. The molecule has 4 atom stereocenters. The first-order valence-electron chi connectivity index (χ1n) is 8.89. The van der Waals surface area contributed by atoms with E-state index in [-0.39, 0.29) is 30.5 Å². The van der Waals surface area contributed by atoms with Gasteiger partial charge in [0.1, 0.15) is 17.9 Å². The molecule has 3 rings (SSSR count). The number of rotatable bonds is 4. The summed E-state index contributed by atoms with van der Waals surface area (Å²) in [6.45, 7) is 10.7. The molecule has 0 aliphatic carbocycles. The minimum atomic E-state index is -2.11. The van der Waals surface area contributed by atoms with E-state index in [9.17, 15) is 14.7 Å². The highest BCUT2D eigenvalue weighted by Gasteiger charge is 2.59. The number of aliphatic hydroxyl groups is 1. The number of hydrogen-bond acceptors (Lipinski definition) is 6. The van der Waals surface area contributed by atoms with Gasteiger partial charge in [-0.2, -0.15) is 0 Å². The maximum Gasteiger partial charge on any atom is 0.330 e. The van der Waals surface area contributed by atoms with Crippen LogP contribution in [0.15, 0.2) is 21.9 Å². The van der Waals surface area contributed by atoms with Crippen molar-refractivity contribution in [2.75, 3.05) is 13.2 Å². The molecule has 146 valence electrons. The molecule has 0 radical (unpaired) electrons. The summed E-state index contributed by atoms with van der Waals surface area (Å²) in [5.74, 6) is 0. The number of fused-ring (bicyclic) bond motifs is 2. The van der Waals surface area contributed by atoms with Crippen LogP contribution < -0.4 is 11.2 Å². The summed E-state index contributed by atoms with van der Waals surface area (Å²) in [5, 5.41) is 10.1. The van der Waals surface area contributed by atoms with Crippen molar-refractivity contribution in [1.29, 1.82) is 0 Å². The Morgan fingerprint density at radius 2 is 2.12 bits per heavy atom. The summed E-state index contributed by atoms with van der Waals surface area (Å²) >= 11 is 0. The predicted molar refractivity (Wildman–Crippen MR) is 97.7 cm³/mol. The molecule has 2 bridgehead atoms. The topological polar surface area (TPSA) is 103 Å². The monoisotopic (exact) mass is 384 g/mol. The first-order chi connectivity index (χ1) is 12.0. The van der Waals surface area contributed by atoms with Crippen LogP contribution in [0.25, 0.3) is 0 Å². The van der Waals surface area contributed by atoms with Gasteiger partial charge < -0.3 is 19.0 Å². The van der Waals surface area contributed by atoms with Crippen molar-refractivity contribution in [3.05, 3.63) is 33.1 Å². The number of ether oxygens (including phenoxy) is 2. The Morgan fingerprint density at radius 3 is 2.69 bits per heavy atom. The Hall–Kier alpha value is -1.26. The second kappa shape index (κ2) is 6.41. The highest BCUT2D eigenvalue weighted by Crippen LogP contribution is 2.46. The summed E-state index contributed by atoms with van der Waals surface area (Å²) in [7, 11) is -2.11. The molecule has 9 heteroatoms. The number of hydrogen-bond donors (Lipinski definition) is 2. The van der Waals surface area contributed by atoms with Gasteiger partial charge in [-0.1, -0.05) is 20.8 Å². The third-order valence-corrected chi connectivity index (χ3v) is 10.3. The fraction of sp³-hybridized carbons (Fsp3) is 0.765. The quantitative estimate of drug-likeness (QED) is 0.750. The van der Waals surface area contributed by atoms with Gasteiger partial charge in [-0.25, -0.2) is 4.79 Å². The van der Waals surface area contributed by atoms with E-state index in [0.717, 1.165) is 0 Å². The molecule has 2 N–H and O–H groups in total. The van der Waals surface area contributed by atoms with Crippen LogP contribution in [0.1, 0.15) is 33.4 Å². The average Bonchev–Trinajstić information content (AvgIpc) is 2.73. The molecule has 2 aliphatic rings. The van der Waals surface area contributed by atoms with Crippen molar-refractivity contribution in [1.82, 2.24) is 9.55 Å². The largest absolute Gasteiger partial charge is 0.408 e. The standard InChI is InChI=1S/C17H28N2O6Si/c1-16(2,3)26(4,5)25-14-11-8-13(24-17(14,9-20)10-23-11)19-7-6-12(21)18-15(19)22/h6-7,11,13-14,20H,8-10H2,1-5H3,(H,18,21,22)/t11-,13+,14-,17-/m0/s1. The predicted octanol–water partition coefficient (Wildman–Crippen LogP) is 0.976. The highest BCUT2D eigenvalue weighted by atomic mass is 28.4. The SMILES string of the molecule is CC(C)(C)[Si](C)(C)O[C@H]1[C@@H]2C[C@H](n3ccc(=O)[nH]c3=O)O[C@@]1(CO)CO2. The van der Waals surface area contributed by atoms with Gasteiger partial charge in [0.25, 0.3) is 5.56 Å². The van der Waals surface area contributed by atoms with Crippen LogP contribution in [0.4, 0.5) is 0 Å². The third-order valence-electron chi connectivity index (χ3n) is 5.86. The summed E-state index contributed by atoms with van der Waals surface area (Å²) in [6.07, 6.45) is 0.522. The molecule has 0 aromatic carbocycles. The zero-order chi connectivity index (χ0) is 19.3. The molecule has 0 spiro atoms. The number of nitrogens with zero attached hydrogens (tertiary/aromatic N) is 1. The second-order valence-electron chi connectivity index (χ2n) is 8.70. The third kappa shape index (κ3) is 3.22. The molecule has 1 aromatic rings. The van der Waals surface area contributed by atoms with Gasteiger partial charge >= 0.3 is 5.69 Å². The van der Waals surface area contributed by atoms with Gasteiger partial charge in [0, 0.05) is 18.7 Å². The molecule has 2 fully saturated rings. The van der Waals surface area contributed by atoms with Crippen LogP contribution in [-0.4, -0.2) is 54.0 Å². The minimum absolute atomic E-state index is 0.00971. The van der Waals surface area contributed by atoms with E-state index >= 15 is 0 Å². The number of aromatic amines is 1. The molecule has 0 amide bonds. The molecule has 0 saturated carbocycles. The van der Waals surface area contributed by atoms with E-state index in [2.05, 4.69) is 38.8 Å². The van der Waals surface area contributed by atoms with Crippen molar-refractivity contribution >= 4 is 8.32 Å². The van der Waals surface area contributed by atoms with E-state index < -0.39 is 31.4 Å². The van der Waals surface area contributed by atoms with Crippen LogP contribution in [0.5, 0.6) is 0 Å². The van der Waals surface area contributed by atoms with Crippen molar-refractivity contribution in [3.63, 3.8) is 0 Å². The lowest BCUT2D eigenvalue weighted by molar-refractivity contribution is -0.204. The van der Waals surface area contributed by atoms with Crippen molar-refractivity contribution in [3.8, 4) is 0 Å². The Bertz CT molecular complexity index is 782. The lowest BCUT2D eigenvalue weighted by Crippen LogP contribution is -2.60. The van der Waals surface area contributed by atoms with Crippen molar-refractivity contribution in [2.45, 2.75) is 69.4 Å². The Morgan fingerprint density at radius 1 is 1.42 bits per heavy atom. The lowest BCUT2D eigenvalue weighted by Gasteiger charge is -2.47. The molecule has 2 aliphatic heterocycles. The molecule has 26 heavy (non-hydrogen) atoms. The number of aliphatic hydroxyl groups excluding tert-OH is 1. The summed E-state index contributed by atoms with van der Waals surface area (Å²) in [4.78, 5) is 25.6. The molecule has 3 heterocycles. The molecule has 2 saturated heterocycles. The minimum Gasteiger partial charge on any atom is -0.408 e. The van der Waals surface area contributed by atoms with Gasteiger partial charge in [-0.3, -0.25) is 14.3 Å². The molecular weight excluding hydrogens is 356 g/mol. The Balaban J connectivity index is 1.90. The lowest BCUT2D eigenvalue weighted by atomic mass is 9.92. The van der Waals surface area contributed by atoms with Crippen molar-refractivity contribution in [2.24, 2.45) is 0 Å². The Kier molecular flexibility index (Phi) is 4.81. The molecule has 1 aromatic heterocycles. The molecule has 0 unspecified atom stereocenters. The number of nitrogens with one attached hydrogen (secondary N) is 1. The molecule has 8 nitrogen and oxygen atoms in total. The molecular formula is C17H28N2O6Si. The van der Waals surface area contributed by atoms with Gasteiger partial charge in [0.05, 0.1) is 19.3 Å². The van der Waals surface area contributed by atoms with Crippen LogP contribution in [-0.2, 0) is 13.9 Å². The number of H-pyrrole nitrogens is 1. The fourth-order valence-electron chi connectivity index (χ4n) is 3.24. The summed E-state index contributed by atoms with van der Waals surface area (Å²) in [5.41, 5.74) is -2.02. The van der Waals surface area contributed by atoms with Crippen LogP contribution in [0.3, 0.4) is 0 Å². The first-order valence-corrected chi connectivity index (χ1v) is 11.8. The van der Waals surface area contributed by atoms with E-state index in [0.29, 0.717) is 6.42 Å². The van der Waals surface area contributed by atoms with Gasteiger partial charge in [0.2, 0.25) is 0 Å². The second-order valence-corrected chi connectivity index (χ2v) is 13.5. The maximum atomic E-state index is 12.1. The zero-order valence-electron chi connectivity index (χ0n) is 15.9. The normalized spacial score (nSPS) is 32.0. The van der Waals surface area contributed by atoms with Gasteiger partial charge in [-0.15, -0.1) is 0 Å². The van der Waals surface area contributed by atoms with E-state index in [1.54, 1.807) is 0 Å². The van der Waals surface area contributed by atoms with Gasteiger partial charge in [-0.05, 0) is 18.1 Å². The first kappa shape index (κ1) is 19.5. The van der Waals surface area contributed by atoms with Crippen LogP contribution in [0, 0.1) is 0 Å². The Labute approximate surface area is 153 Å². The van der Waals surface area contributed by atoms with Crippen LogP contribution >= 0.6 is 0 Å². The maximum absolute atomic E-state index is 12.1. The summed E-state index contributed by atoms with van der Waals surface area (Å²) in [6, 6.07) is 1.28. The van der Waals surface area contributed by atoms with E-state index in [1.807, 2.05) is 0 Å². The van der Waals surface area contributed by atoms with Crippen LogP contribution in [0.2, 0.25) is 18.1 Å². The fourth-order valence-corrected chi connectivity index (χ4v) is 4.60. The average molecular weight is 385 g/mol. The smallest absolute Gasteiger partial charge is 0.330 e. The van der Waals surface area contributed by atoms with Crippen molar-refractivity contribution < 1.29 is 19.0 Å². The number of aromatic nitrogens is 2. The van der Waals surface area contributed by atoms with Gasteiger partial charge in [0.15, 0.2) is 8.32 Å². The highest BCUT2D eigenvalue weighted by molar-refractivity contribution is 6.74. The zero-order valence-corrected chi connectivity index (χ0v) is 16.9. The van der Waals surface area contributed by atoms with E-state index in [1.165, 1.54) is 16.8 Å².